The Balaban J connectivity index is 2.49. The summed E-state index contributed by atoms with van der Waals surface area (Å²) in [5.74, 6) is -0.249. The number of benzene rings is 1. The highest BCUT2D eigenvalue weighted by Gasteiger charge is 2.18. The molecule has 0 atom stereocenters. The standard InChI is InChI=1S/C12H11N3O3/c1-18-12(17)10(7-16)15-11(13-8-14-15)9-5-3-2-4-6-9/h2-8,16H,1H3. The Morgan fingerprint density at radius 2 is 2.11 bits per heavy atom. The zero-order valence-electron chi connectivity index (χ0n) is 9.65. The van der Waals surface area contributed by atoms with Crippen molar-refractivity contribution in [3.05, 3.63) is 42.9 Å². The maximum Gasteiger partial charge on any atom is 0.360 e. The van der Waals surface area contributed by atoms with E-state index in [2.05, 4.69) is 14.8 Å². The molecule has 0 aliphatic rings. The van der Waals surface area contributed by atoms with E-state index in [-0.39, 0.29) is 5.70 Å². The Hall–Kier alpha value is -2.63. The normalized spacial score (nSPS) is 11.3. The fourth-order valence-corrected chi connectivity index (χ4v) is 1.50. The minimum Gasteiger partial charge on any atom is -0.513 e. The molecule has 1 aromatic carbocycles. The molecular weight excluding hydrogens is 234 g/mol. The summed E-state index contributed by atoms with van der Waals surface area (Å²) in [6, 6.07) is 9.20. The molecule has 0 spiro atoms. The van der Waals surface area contributed by atoms with Gasteiger partial charge in [-0.2, -0.15) is 5.10 Å². The number of carbonyl (C=O) groups excluding carboxylic acids is 1. The van der Waals surface area contributed by atoms with Crippen molar-refractivity contribution in [1.29, 1.82) is 0 Å². The van der Waals surface area contributed by atoms with E-state index in [1.807, 2.05) is 30.3 Å². The van der Waals surface area contributed by atoms with Crippen LogP contribution in [0.1, 0.15) is 0 Å². The topological polar surface area (TPSA) is 77.2 Å². The molecule has 1 heterocycles. The van der Waals surface area contributed by atoms with Crippen molar-refractivity contribution in [3.63, 3.8) is 0 Å². The number of methoxy groups -OCH3 is 1. The molecule has 6 nitrogen and oxygen atoms in total. The number of hydrogen-bond acceptors (Lipinski definition) is 5. The number of aliphatic hydroxyl groups excluding tert-OH is 1. The minimum absolute atomic E-state index is 0.103. The van der Waals surface area contributed by atoms with Gasteiger partial charge in [-0.05, 0) is 0 Å². The fraction of sp³-hybridized carbons (Fsp3) is 0.0833. The van der Waals surface area contributed by atoms with Crippen molar-refractivity contribution in [2.45, 2.75) is 0 Å². The van der Waals surface area contributed by atoms with Crippen LogP contribution in [-0.4, -0.2) is 33.0 Å². The Morgan fingerprint density at radius 1 is 1.39 bits per heavy atom. The largest absolute Gasteiger partial charge is 0.513 e. The van der Waals surface area contributed by atoms with E-state index in [1.54, 1.807) is 0 Å². The molecule has 0 fully saturated rings. The molecule has 0 saturated carbocycles. The average molecular weight is 245 g/mol. The van der Waals surface area contributed by atoms with Crippen LogP contribution in [0.2, 0.25) is 0 Å². The van der Waals surface area contributed by atoms with Gasteiger partial charge >= 0.3 is 5.97 Å². The molecule has 18 heavy (non-hydrogen) atoms. The molecule has 2 rings (SSSR count). The summed E-state index contributed by atoms with van der Waals surface area (Å²) in [6.45, 7) is 0. The third kappa shape index (κ3) is 2.08. The van der Waals surface area contributed by atoms with Crippen LogP contribution in [0.25, 0.3) is 17.1 Å². The first kappa shape index (κ1) is 11.8. The van der Waals surface area contributed by atoms with Gasteiger partial charge in [-0.3, -0.25) is 0 Å². The number of ether oxygens (including phenoxy) is 1. The molecule has 2 aromatic rings. The Kier molecular flexibility index (Phi) is 3.38. The van der Waals surface area contributed by atoms with Gasteiger partial charge in [0.15, 0.2) is 11.5 Å². The third-order valence-corrected chi connectivity index (χ3v) is 2.32. The SMILES string of the molecule is COC(=O)C(=CO)n1ncnc1-c1ccccc1. The van der Waals surface area contributed by atoms with Crippen LogP contribution in [-0.2, 0) is 9.53 Å². The lowest BCUT2D eigenvalue weighted by molar-refractivity contribution is -0.134. The molecule has 92 valence electrons. The highest BCUT2D eigenvalue weighted by molar-refractivity contribution is 6.09. The molecule has 0 saturated heterocycles. The first-order valence-corrected chi connectivity index (χ1v) is 5.16. The summed E-state index contributed by atoms with van der Waals surface area (Å²) in [6.07, 6.45) is 1.95. The van der Waals surface area contributed by atoms with Gasteiger partial charge in [-0.15, -0.1) is 0 Å². The number of rotatable bonds is 3. The first-order chi connectivity index (χ1) is 8.77. The lowest BCUT2D eigenvalue weighted by atomic mass is 10.2. The number of hydrogen-bond donors (Lipinski definition) is 1. The molecule has 0 aliphatic heterocycles. The van der Waals surface area contributed by atoms with E-state index >= 15 is 0 Å². The monoisotopic (exact) mass is 245 g/mol. The van der Waals surface area contributed by atoms with Crippen LogP contribution in [0.5, 0.6) is 0 Å². The lowest BCUT2D eigenvalue weighted by Gasteiger charge is -2.07. The van der Waals surface area contributed by atoms with Gasteiger partial charge in [-0.25, -0.2) is 14.5 Å². The molecule has 6 heteroatoms. The van der Waals surface area contributed by atoms with Crippen molar-refractivity contribution < 1.29 is 14.6 Å². The van der Waals surface area contributed by atoms with E-state index in [9.17, 15) is 4.79 Å². The van der Waals surface area contributed by atoms with Crippen molar-refractivity contribution in [2.75, 3.05) is 7.11 Å². The zero-order chi connectivity index (χ0) is 13.0. The van der Waals surface area contributed by atoms with Crippen molar-refractivity contribution >= 4 is 11.7 Å². The predicted octanol–water partition coefficient (Wildman–Crippen LogP) is 1.47. The number of aromatic nitrogens is 3. The Morgan fingerprint density at radius 3 is 2.72 bits per heavy atom. The van der Waals surface area contributed by atoms with Gasteiger partial charge in [0.1, 0.15) is 12.6 Å². The lowest BCUT2D eigenvalue weighted by Crippen LogP contribution is -2.13. The van der Waals surface area contributed by atoms with Gasteiger partial charge < -0.3 is 9.84 Å². The van der Waals surface area contributed by atoms with E-state index in [0.717, 1.165) is 5.56 Å². The highest BCUT2D eigenvalue weighted by atomic mass is 16.5. The van der Waals surface area contributed by atoms with Crippen LogP contribution in [0.4, 0.5) is 0 Å². The molecule has 0 radical (unpaired) electrons. The maximum atomic E-state index is 11.5. The fourth-order valence-electron chi connectivity index (χ4n) is 1.50. The summed E-state index contributed by atoms with van der Waals surface area (Å²) in [4.78, 5) is 15.5. The van der Waals surface area contributed by atoms with Crippen molar-refractivity contribution in [3.8, 4) is 11.4 Å². The summed E-state index contributed by atoms with van der Waals surface area (Å²) in [7, 11) is 1.23. The number of aliphatic hydroxyl groups is 1. The zero-order valence-corrected chi connectivity index (χ0v) is 9.65. The molecule has 1 N–H and O–H groups in total. The minimum atomic E-state index is -0.694. The maximum absolute atomic E-state index is 11.5. The smallest absolute Gasteiger partial charge is 0.360 e. The molecule has 0 unspecified atom stereocenters. The summed E-state index contributed by atoms with van der Waals surface area (Å²) >= 11 is 0. The summed E-state index contributed by atoms with van der Waals surface area (Å²) in [5, 5.41) is 13.0. The summed E-state index contributed by atoms with van der Waals surface area (Å²) in [5.41, 5.74) is 0.673. The van der Waals surface area contributed by atoms with Crippen LogP contribution in [0.3, 0.4) is 0 Å². The van der Waals surface area contributed by atoms with Gasteiger partial charge in [-0.1, -0.05) is 30.3 Å². The van der Waals surface area contributed by atoms with Crippen molar-refractivity contribution in [1.82, 2.24) is 14.8 Å². The average Bonchev–Trinajstić information content (AvgIpc) is 2.89. The number of carbonyl (C=O) groups is 1. The second-order valence-corrected chi connectivity index (χ2v) is 3.37. The molecular formula is C12H11N3O3. The summed E-state index contributed by atoms with van der Waals surface area (Å²) < 4.78 is 5.79. The van der Waals surface area contributed by atoms with E-state index in [0.29, 0.717) is 12.1 Å². The van der Waals surface area contributed by atoms with E-state index < -0.39 is 5.97 Å². The number of nitrogens with zero attached hydrogens (tertiary/aromatic N) is 3. The van der Waals surface area contributed by atoms with Gasteiger partial charge in [0.2, 0.25) is 0 Å². The Bertz CT molecular complexity index is 575. The third-order valence-electron chi connectivity index (χ3n) is 2.32. The molecule has 0 amide bonds. The van der Waals surface area contributed by atoms with Crippen molar-refractivity contribution in [2.24, 2.45) is 0 Å². The van der Waals surface area contributed by atoms with Crippen LogP contribution in [0, 0.1) is 0 Å². The van der Waals surface area contributed by atoms with Gasteiger partial charge in [0.25, 0.3) is 0 Å². The van der Waals surface area contributed by atoms with Crippen LogP contribution < -0.4 is 0 Å². The molecule has 0 bridgehead atoms. The predicted molar refractivity (Wildman–Crippen MR) is 64.4 cm³/mol. The van der Waals surface area contributed by atoms with Gasteiger partial charge in [0.05, 0.1) is 7.11 Å². The van der Waals surface area contributed by atoms with E-state index in [4.69, 9.17) is 5.11 Å². The second kappa shape index (κ2) is 5.13. The van der Waals surface area contributed by atoms with Gasteiger partial charge in [0, 0.05) is 5.56 Å². The highest BCUT2D eigenvalue weighted by Crippen LogP contribution is 2.19. The van der Waals surface area contributed by atoms with Crippen LogP contribution >= 0.6 is 0 Å². The first-order valence-electron chi connectivity index (χ1n) is 5.16. The molecule has 1 aromatic heterocycles. The second-order valence-electron chi connectivity index (χ2n) is 3.37. The quantitative estimate of drug-likeness (QED) is 0.503. The molecule has 0 aliphatic carbocycles. The number of esters is 1. The Labute approximate surface area is 103 Å². The van der Waals surface area contributed by atoms with E-state index in [1.165, 1.54) is 18.1 Å². The van der Waals surface area contributed by atoms with Crippen LogP contribution in [0.15, 0.2) is 42.9 Å².